The number of nitrogens with one attached hydrogen (secondary N) is 1. The summed E-state index contributed by atoms with van der Waals surface area (Å²) in [4.78, 5) is 12.7. The van der Waals surface area contributed by atoms with Gasteiger partial charge in [-0.15, -0.1) is 0 Å². The van der Waals surface area contributed by atoms with Crippen molar-refractivity contribution in [1.82, 2.24) is 10.2 Å². The molecule has 1 aliphatic heterocycles. The Bertz CT molecular complexity index is 243. The van der Waals surface area contributed by atoms with Crippen LogP contribution in [0.3, 0.4) is 0 Å². The molecule has 0 spiro atoms. The van der Waals surface area contributed by atoms with Crippen LogP contribution in [0.2, 0.25) is 0 Å². The van der Waals surface area contributed by atoms with Crippen LogP contribution in [0.5, 0.6) is 0 Å². The van der Waals surface area contributed by atoms with E-state index in [0.717, 1.165) is 6.42 Å². The molecule has 1 fully saturated rings. The zero-order valence-corrected chi connectivity index (χ0v) is 9.31. The smallest absolute Gasteiger partial charge is 0.338 e. The number of hydrogen-bond donors (Lipinski definition) is 1. The van der Waals surface area contributed by atoms with Crippen LogP contribution in [0, 0.1) is 5.92 Å². The Morgan fingerprint density at radius 3 is 2.75 bits per heavy atom. The molecule has 0 aromatic carbocycles. The van der Waals surface area contributed by atoms with Crippen molar-refractivity contribution in [1.29, 1.82) is 0 Å². The number of amides is 2. The fourth-order valence-corrected chi connectivity index (χ4v) is 1.77. The lowest BCUT2D eigenvalue weighted by atomic mass is 9.98. The summed E-state index contributed by atoms with van der Waals surface area (Å²) < 4.78 is 37.4. The van der Waals surface area contributed by atoms with Crippen LogP contribution in [0.15, 0.2) is 0 Å². The first kappa shape index (κ1) is 13.1. The molecule has 1 N–H and O–H groups in total. The Labute approximate surface area is 93.0 Å². The van der Waals surface area contributed by atoms with Gasteiger partial charge >= 0.3 is 12.2 Å². The summed E-state index contributed by atoms with van der Waals surface area (Å²) in [5.74, 6) is -1.37. The van der Waals surface area contributed by atoms with Crippen molar-refractivity contribution in [2.24, 2.45) is 5.92 Å². The monoisotopic (exact) mass is 238 g/mol. The molecule has 6 heteroatoms. The minimum absolute atomic E-state index is 0.126. The number of piperidine rings is 1. The maximum atomic E-state index is 12.5. The van der Waals surface area contributed by atoms with Gasteiger partial charge in [0.1, 0.15) is 0 Å². The van der Waals surface area contributed by atoms with Gasteiger partial charge in [-0.05, 0) is 19.3 Å². The van der Waals surface area contributed by atoms with Crippen molar-refractivity contribution < 1.29 is 18.0 Å². The highest BCUT2D eigenvalue weighted by Crippen LogP contribution is 2.32. The highest BCUT2D eigenvalue weighted by Gasteiger charge is 2.42. The fraction of sp³-hybridized carbons (Fsp3) is 0.900. The molecule has 2 amide bonds. The number of urea groups is 1. The molecule has 1 atom stereocenters. The van der Waals surface area contributed by atoms with Gasteiger partial charge in [0.05, 0.1) is 5.92 Å². The molecule has 0 radical (unpaired) electrons. The Balaban J connectivity index is 2.47. The van der Waals surface area contributed by atoms with Gasteiger partial charge in [0.15, 0.2) is 0 Å². The lowest BCUT2D eigenvalue weighted by Gasteiger charge is -2.33. The Kier molecular flexibility index (Phi) is 4.44. The molecule has 1 unspecified atom stereocenters. The fourth-order valence-electron chi connectivity index (χ4n) is 1.77. The van der Waals surface area contributed by atoms with E-state index in [1.165, 1.54) is 4.90 Å². The number of carbonyl (C=O) groups is 1. The van der Waals surface area contributed by atoms with Crippen LogP contribution in [0.4, 0.5) is 18.0 Å². The maximum Gasteiger partial charge on any atom is 0.393 e. The van der Waals surface area contributed by atoms with Crippen LogP contribution in [0.1, 0.15) is 26.2 Å². The number of hydrogen-bond acceptors (Lipinski definition) is 1. The van der Waals surface area contributed by atoms with Gasteiger partial charge in [-0.3, -0.25) is 0 Å². The number of halogens is 3. The van der Waals surface area contributed by atoms with Crippen molar-refractivity contribution >= 4 is 6.03 Å². The van der Waals surface area contributed by atoms with Gasteiger partial charge in [0, 0.05) is 19.6 Å². The first-order chi connectivity index (χ1) is 7.45. The van der Waals surface area contributed by atoms with Gasteiger partial charge in [-0.2, -0.15) is 13.2 Å². The van der Waals surface area contributed by atoms with E-state index >= 15 is 0 Å². The number of nitrogens with zero attached hydrogens (tertiary/aromatic N) is 1. The predicted molar refractivity (Wildman–Crippen MR) is 54.0 cm³/mol. The molecule has 0 aliphatic carbocycles. The average molecular weight is 238 g/mol. The molecule has 1 heterocycles. The van der Waals surface area contributed by atoms with Gasteiger partial charge in [0.2, 0.25) is 0 Å². The largest absolute Gasteiger partial charge is 0.393 e. The van der Waals surface area contributed by atoms with Crippen molar-refractivity contribution in [3.8, 4) is 0 Å². The molecular weight excluding hydrogens is 221 g/mol. The molecule has 1 aliphatic rings. The summed E-state index contributed by atoms with van der Waals surface area (Å²) in [5.41, 5.74) is 0. The molecule has 16 heavy (non-hydrogen) atoms. The third-order valence-corrected chi connectivity index (χ3v) is 2.70. The lowest BCUT2D eigenvalue weighted by Crippen LogP contribution is -2.48. The van der Waals surface area contributed by atoms with Gasteiger partial charge in [-0.1, -0.05) is 6.92 Å². The number of likely N-dealkylation sites (tertiary alicyclic amines) is 1. The van der Waals surface area contributed by atoms with Crippen molar-refractivity contribution in [3.63, 3.8) is 0 Å². The first-order valence-corrected chi connectivity index (χ1v) is 5.54. The number of rotatable bonds is 2. The summed E-state index contributed by atoms with van der Waals surface area (Å²) in [6.07, 6.45) is -2.86. The first-order valence-electron chi connectivity index (χ1n) is 5.54. The van der Waals surface area contributed by atoms with Gasteiger partial charge in [-0.25, -0.2) is 4.79 Å². The second-order valence-electron chi connectivity index (χ2n) is 4.06. The number of carbonyl (C=O) groups excluding carboxylic acids is 1. The zero-order chi connectivity index (χ0) is 12.2. The van der Waals surface area contributed by atoms with Gasteiger partial charge < -0.3 is 10.2 Å². The topological polar surface area (TPSA) is 32.3 Å². The molecule has 3 nitrogen and oxygen atoms in total. The third-order valence-electron chi connectivity index (χ3n) is 2.70. The van der Waals surface area contributed by atoms with E-state index in [1.807, 2.05) is 6.92 Å². The second-order valence-corrected chi connectivity index (χ2v) is 4.06. The molecule has 0 bridgehead atoms. The van der Waals surface area contributed by atoms with Crippen LogP contribution < -0.4 is 5.32 Å². The molecule has 94 valence electrons. The third kappa shape index (κ3) is 3.57. The highest BCUT2D eigenvalue weighted by molar-refractivity contribution is 5.74. The van der Waals surface area contributed by atoms with Crippen LogP contribution in [-0.2, 0) is 0 Å². The number of alkyl halides is 3. The molecule has 0 saturated carbocycles. The summed E-state index contributed by atoms with van der Waals surface area (Å²) in [5, 5.41) is 2.59. The molecule has 1 rings (SSSR count). The predicted octanol–water partition coefficient (Wildman–Crippen LogP) is 2.38. The quantitative estimate of drug-likeness (QED) is 0.787. The molecular formula is C10H17F3N2O. The zero-order valence-electron chi connectivity index (χ0n) is 9.31. The van der Waals surface area contributed by atoms with Crippen molar-refractivity contribution in [3.05, 3.63) is 0 Å². The van der Waals surface area contributed by atoms with Crippen LogP contribution in [-0.4, -0.2) is 36.7 Å². The van der Waals surface area contributed by atoms with Crippen molar-refractivity contribution in [2.75, 3.05) is 19.6 Å². The summed E-state index contributed by atoms with van der Waals surface area (Å²) in [7, 11) is 0. The van der Waals surface area contributed by atoms with E-state index in [2.05, 4.69) is 5.32 Å². The summed E-state index contributed by atoms with van der Waals surface area (Å²) in [6, 6.07) is -0.379. The normalized spacial score (nSPS) is 22.0. The SMILES string of the molecule is CCCNC(=O)N1CCCC(C(F)(F)F)C1. The van der Waals surface area contributed by atoms with E-state index in [4.69, 9.17) is 0 Å². The lowest BCUT2D eigenvalue weighted by molar-refractivity contribution is -0.183. The van der Waals surface area contributed by atoms with Crippen molar-refractivity contribution in [2.45, 2.75) is 32.4 Å². The second kappa shape index (κ2) is 5.41. The van der Waals surface area contributed by atoms with E-state index in [1.54, 1.807) is 0 Å². The van der Waals surface area contributed by atoms with E-state index in [-0.39, 0.29) is 19.0 Å². The molecule has 0 aromatic heterocycles. The van der Waals surface area contributed by atoms with Crippen LogP contribution >= 0.6 is 0 Å². The van der Waals surface area contributed by atoms with E-state index in [0.29, 0.717) is 19.5 Å². The standard InChI is InChI=1S/C10H17F3N2O/c1-2-5-14-9(16)15-6-3-4-8(7-15)10(11,12)13/h8H,2-7H2,1H3,(H,14,16). The molecule has 0 aromatic rings. The Morgan fingerprint density at radius 1 is 1.50 bits per heavy atom. The average Bonchev–Trinajstić information content (AvgIpc) is 2.25. The minimum Gasteiger partial charge on any atom is -0.338 e. The Morgan fingerprint density at radius 2 is 2.19 bits per heavy atom. The maximum absolute atomic E-state index is 12.5. The van der Waals surface area contributed by atoms with Crippen LogP contribution in [0.25, 0.3) is 0 Å². The summed E-state index contributed by atoms with van der Waals surface area (Å²) in [6.45, 7) is 2.61. The van der Waals surface area contributed by atoms with Gasteiger partial charge in [0.25, 0.3) is 0 Å². The minimum atomic E-state index is -4.19. The molecule has 1 saturated heterocycles. The Hall–Kier alpha value is -0.940. The summed E-state index contributed by atoms with van der Waals surface area (Å²) >= 11 is 0. The van der Waals surface area contributed by atoms with E-state index in [9.17, 15) is 18.0 Å². The highest BCUT2D eigenvalue weighted by atomic mass is 19.4. The van der Waals surface area contributed by atoms with E-state index < -0.39 is 12.1 Å².